The molecule has 3 amide bonds. The summed E-state index contributed by atoms with van der Waals surface area (Å²) in [5.74, 6) is -11.7. The molecule has 0 bridgehead atoms. The molecule has 41 heavy (non-hydrogen) atoms. The van der Waals surface area contributed by atoms with Crippen LogP contribution in [0.3, 0.4) is 0 Å². The number of carbonyl (C=O) groups excluding carboxylic acids is 4. The van der Waals surface area contributed by atoms with Gasteiger partial charge < -0.3 is 25.8 Å². The number of aliphatic hydroxyl groups excluding tert-OH is 1. The van der Waals surface area contributed by atoms with Crippen LogP contribution in [0.1, 0.15) is 31.0 Å². The van der Waals surface area contributed by atoms with Crippen molar-refractivity contribution < 1.29 is 51.0 Å². The summed E-state index contributed by atoms with van der Waals surface area (Å²) in [5, 5.41) is 15.4. The molecule has 0 aliphatic heterocycles. The van der Waals surface area contributed by atoms with Crippen molar-refractivity contribution in [3.8, 4) is 5.75 Å². The van der Waals surface area contributed by atoms with Gasteiger partial charge in [0, 0.05) is 10.6 Å². The second-order valence-electron chi connectivity index (χ2n) is 9.10. The molecule has 0 aliphatic rings. The molecule has 0 saturated carbocycles. The molecule has 4 N–H and O–H groups in total. The SMILES string of the molecule is COc1ccc(C(NC(=O)C(CO)NC(=O)C(F)(F)c2cccc(Cl)c2)C(=O)NC(C(=O)C(F)(F)F)C(C)C)cc1. The normalized spacial score (nSPS) is 14.0. The molecule has 0 saturated heterocycles. The van der Waals surface area contributed by atoms with Gasteiger partial charge >= 0.3 is 12.1 Å². The summed E-state index contributed by atoms with van der Waals surface area (Å²) in [7, 11) is 1.34. The third kappa shape index (κ3) is 8.60. The largest absolute Gasteiger partial charge is 0.497 e. The average Bonchev–Trinajstić information content (AvgIpc) is 2.91. The number of carbonyl (C=O) groups is 4. The van der Waals surface area contributed by atoms with Crippen LogP contribution in [0.15, 0.2) is 48.5 Å². The molecule has 224 valence electrons. The Hall–Kier alpha value is -3.78. The maximum atomic E-state index is 14.7. The first kappa shape index (κ1) is 33.4. The molecule has 0 spiro atoms. The Labute approximate surface area is 236 Å². The van der Waals surface area contributed by atoms with E-state index < -0.39 is 71.8 Å². The summed E-state index contributed by atoms with van der Waals surface area (Å²) < 4.78 is 73.8. The van der Waals surface area contributed by atoms with E-state index in [2.05, 4.69) is 5.32 Å². The van der Waals surface area contributed by atoms with Crippen molar-refractivity contribution in [2.24, 2.45) is 5.92 Å². The van der Waals surface area contributed by atoms with Crippen LogP contribution in [-0.2, 0) is 25.1 Å². The number of hydrogen-bond donors (Lipinski definition) is 4. The Balaban J connectivity index is 2.34. The molecule has 0 heterocycles. The lowest BCUT2D eigenvalue weighted by Gasteiger charge is -2.27. The highest BCUT2D eigenvalue weighted by molar-refractivity contribution is 6.30. The van der Waals surface area contributed by atoms with Crippen LogP contribution >= 0.6 is 11.6 Å². The number of benzene rings is 2. The number of rotatable bonds is 12. The highest BCUT2D eigenvalue weighted by Crippen LogP contribution is 2.30. The smallest absolute Gasteiger partial charge is 0.452 e. The lowest BCUT2D eigenvalue weighted by Crippen LogP contribution is -2.56. The van der Waals surface area contributed by atoms with E-state index in [1.165, 1.54) is 57.4 Å². The predicted octanol–water partition coefficient (Wildman–Crippen LogP) is 3.05. The van der Waals surface area contributed by atoms with Gasteiger partial charge in [-0.3, -0.25) is 19.2 Å². The fourth-order valence-corrected chi connectivity index (χ4v) is 3.74. The summed E-state index contributed by atoms with van der Waals surface area (Å²) in [6.07, 6.45) is -5.28. The minimum absolute atomic E-state index is 0.00844. The van der Waals surface area contributed by atoms with Crippen molar-refractivity contribution in [3.05, 3.63) is 64.7 Å². The Morgan fingerprint density at radius 1 is 0.927 bits per heavy atom. The first-order chi connectivity index (χ1) is 19.0. The van der Waals surface area contributed by atoms with Gasteiger partial charge in [-0.25, -0.2) is 0 Å². The second kappa shape index (κ2) is 13.7. The third-order valence-corrected chi connectivity index (χ3v) is 6.04. The van der Waals surface area contributed by atoms with E-state index in [1.807, 2.05) is 5.32 Å². The highest BCUT2D eigenvalue weighted by Gasteiger charge is 2.46. The molecule has 3 atom stereocenters. The van der Waals surface area contributed by atoms with E-state index in [0.29, 0.717) is 5.75 Å². The number of hydrogen-bond acceptors (Lipinski definition) is 6. The van der Waals surface area contributed by atoms with Gasteiger partial charge in [-0.05, 0) is 35.7 Å². The number of ketones is 1. The first-order valence-electron chi connectivity index (χ1n) is 11.9. The van der Waals surface area contributed by atoms with Crippen LogP contribution in [-0.4, -0.2) is 60.6 Å². The van der Waals surface area contributed by atoms with E-state index >= 15 is 0 Å². The fraction of sp³-hybridized carbons (Fsp3) is 0.385. The number of nitrogens with one attached hydrogen (secondary N) is 3. The molecule has 2 rings (SSSR count). The average molecular weight is 608 g/mol. The molecule has 9 nitrogen and oxygen atoms in total. The second-order valence-corrected chi connectivity index (χ2v) is 9.54. The molecular formula is C26H27ClF5N3O6. The minimum atomic E-state index is -5.28. The van der Waals surface area contributed by atoms with E-state index in [4.69, 9.17) is 16.3 Å². The van der Waals surface area contributed by atoms with Gasteiger partial charge in [-0.15, -0.1) is 0 Å². The number of alkyl halides is 5. The number of halogens is 6. The monoisotopic (exact) mass is 607 g/mol. The molecule has 3 unspecified atom stereocenters. The quantitative estimate of drug-likeness (QED) is 0.274. The highest BCUT2D eigenvalue weighted by atomic mass is 35.5. The Morgan fingerprint density at radius 2 is 1.54 bits per heavy atom. The number of amides is 3. The molecule has 2 aromatic carbocycles. The van der Waals surface area contributed by atoms with E-state index in [9.17, 15) is 46.2 Å². The van der Waals surface area contributed by atoms with Gasteiger partial charge in [0.1, 0.15) is 17.8 Å². The zero-order chi connectivity index (χ0) is 31.1. The Morgan fingerprint density at radius 3 is 2.02 bits per heavy atom. The standard InChI is InChI=1S/C26H27ClF5N3O6/c1-13(2)19(21(37)26(30,31)32)34-23(39)20(14-7-9-17(41-3)10-8-14)35-22(38)18(12-36)33-24(40)25(28,29)15-5-4-6-16(27)11-15/h4-11,13,18-20,36H,12H2,1-3H3,(H,33,40)(H,34,39)(H,35,38). The summed E-state index contributed by atoms with van der Waals surface area (Å²) in [6.45, 7) is 1.32. The Bertz CT molecular complexity index is 1260. The van der Waals surface area contributed by atoms with Crippen molar-refractivity contribution in [1.82, 2.24) is 16.0 Å². The Kier molecular flexibility index (Phi) is 11.2. The van der Waals surface area contributed by atoms with Crippen LogP contribution in [0.4, 0.5) is 22.0 Å². The topological polar surface area (TPSA) is 134 Å². The molecule has 0 aromatic heterocycles. The van der Waals surface area contributed by atoms with Crippen LogP contribution in [0.5, 0.6) is 5.75 Å². The number of Topliss-reactive ketones (excluding diaryl/α,β-unsaturated/α-hetero) is 1. The van der Waals surface area contributed by atoms with Crippen molar-refractivity contribution in [3.63, 3.8) is 0 Å². The summed E-state index contributed by atoms with van der Waals surface area (Å²) in [4.78, 5) is 50.4. The summed E-state index contributed by atoms with van der Waals surface area (Å²) in [5.41, 5.74) is -0.810. The van der Waals surface area contributed by atoms with Crippen LogP contribution < -0.4 is 20.7 Å². The molecule has 0 radical (unpaired) electrons. The van der Waals surface area contributed by atoms with Crippen molar-refractivity contribution in [2.75, 3.05) is 13.7 Å². The molecule has 0 aliphatic carbocycles. The number of ether oxygens (including phenoxy) is 1. The molecule has 2 aromatic rings. The number of methoxy groups -OCH3 is 1. The van der Waals surface area contributed by atoms with Crippen LogP contribution in [0.2, 0.25) is 5.02 Å². The van der Waals surface area contributed by atoms with Gasteiger partial charge in [0.15, 0.2) is 0 Å². The van der Waals surface area contributed by atoms with Crippen molar-refractivity contribution >= 4 is 35.1 Å². The van der Waals surface area contributed by atoms with Gasteiger partial charge in [-0.2, -0.15) is 22.0 Å². The van der Waals surface area contributed by atoms with E-state index in [1.54, 1.807) is 5.32 Å². The van der Waals surface area contributed by atoms with Gasteiger partial charge in [0.05, 0.1) is 19.8 Å². The molecule has 0 fully saturated rings. The lowest BCUT2D eigenvalue weighted by molar-refractivity contribution is -0.175. The third-order valence-electron chi connectivity index (χ3n) is 5.80. The summed E-state index contributed by atoms with van der Waals surface area (Å²) in [6, 6.07) is 3.65. The fourth-order valence-electron chi connectivity index (χ4n) is 3.55. The zero-order valence-electron chi connectivity index (χ0n) is 21.9. The van der Waals surface area contributed by atoms with E-state index in [0.717, 1.165) is 12.1 Å². The maximum absolute atomic E-state index is 14.7. The van der Waals surface area contributed by atoms with E-state index in [-0.39, 0.29) is 10.6 Å². The summed E-state index contributed by atoms with van der Waals surface area (Å²) >= 11 is 5.70. The van der Waals surface area contributed by atoms with Crippen LogP contribution in [0, 0.1) is 5.92 Å². The molecular weight excluding hydrogens is 581 g/mol. The predicted molar refractivity (Wildman–Crippen MR) is 136 cm³/mol. The number of aliphatic hydroxyl groups is 1. The lowest BCUT2D eigenvalue weighted by atomic mass is 9.97. The minimum Gasteiger partial charge on any atom is -0.497 e. The first-order valence-corrected chi connectivity index (χ1v) is 12.3. The maximum Gasteiger partial charge on any atom is 0.452 e. The molecule has 15 heteroatoms. The van der Waals surface area contributed by atoms with Crippen LogP contribution in [0.25, 0.3) is 0 Å². The zero-order valence-corrected chi connectivity index (χ0v) is 22.6. The van der Waals surface area contributed by atoms with Crippen molar-refractivity contribution in [2.45, 2.75) is 44.1 Å². The van der Waals surface area contributed by atoms with Crippen molar-refractivity contribution in [1.29, 1.82) is 0 Å². The van der Waals surface area contributed by atoms with Gasteiger partial charge in [-0.1, -0.05) is 49.7 Å². The van der Waals surface area contributed by atoms with Gasteiger partial charge in [0.25, 0.3) is 11.7 Å². The van der Waals surface area contributed by atoms with Gasteiger partial charge in [0.2, 0.25) is 11.8 Å².